The van der Waals surface area contributed by atoms with Crippen LogP contribution in [0.15, 0.2) is 42.1 Å². The van der Waals surface area contributed by atoms with Gasteiger partial charge in [-0.3, -0.25) is 10.2 Å². The van der Waals surface area contributed by atoms with Crippen LogP contribution in [0.2, 0.25) is 0 Å². The highest BCUT2D eigenvalue weighted by Crippen LogP contribution is 2.38. The Hall–Kier alpha value is -2.22. The van der Waals surface area contributed by atoms with Crippen molar-refractivity contribution in [3.63, 3.8) is 0 Å². The van der Waals surface area contributed by atoms with Crippen molar-refractivity contribution in [2.45, 2.75) is 26.8 Å². The molecular formula is C21H25N3O3S. The Morgan fingerprint density at radius 3 is 2.86 bits per heavy atom. The van der Waals surface area contributed by atoms with Crippen LogP contribution in [0.1, 0.15) is 30.4 Å². The molecule has 0 radical (unpaired) electrons. The standard InChI is InChI=1S/C21H25N3O3S/c1-4-27-20(26)14-11-24(12-21(2,3)15-10-22-23-18(14)15)19(25)17-9-13-7-5-6-8-16(13)28-17/h5-9,11,15,18,22-23H,4,10,12H2,1-3H3. The van der Waals surface area contributed by atoms with Crippen molar-refractivity contribution in [3.05, 3.63) is 47.0 Å². The molecule has 2 aliphatic rings. The molecule has 2 aliphatic heterocycles. The van der Waals surface area contributed by atoms with Gasteiger partial charge < -0.3 is 9.64 Å². The predicted octanol–water partition coefficient (Wildman–Crippen LogP) is 2.92. The Bertz CT molecular complexity index is 916. The summed E-state index contributed by atoms with van der Waals surface area (Å²) in [7, 11) is 0. The molecule has 1 aromatic carbocycles. The molecule has 6 nitrogen and oxygen atoms in total. The summed E-state index contributed by atoms with van der Waals surface area (Å²) in [6.07, 6.45) is 1.69. The summed E-state index contributed by atoms with van der Waals surface area (Å²) in [6, 6.07) is 9.71. The van der Waals surface area contributed by atoms with E-state index in [1.165, 1.54) is 11.3 Å². The lowest BCUT2D eigenvalue weighted by Crippen LogP contribution is -2.42. The van der Waals surface area contributed by atoms with E-state index in [0.29, 0.717) is 23.6 Å². The summed E-state index contributed by atoms with van der Waals surface area (Å²) < 4.78 is 6.37. The fraction of sp³-hybridized carbons (Fsp3) is 0.429. The average molecular weight is 400 g/mol. The van der Waals surface area contributed by atoms with Crippen molar-refractivity contribution >= 4 is 33.3 Å². The first-order valence-electron chi connectivity index (χ1n) is 9.57. The first-order valence-corrected chi connectivity index (χ1v) is 10.4. The van der Waals surface area contributed by atoms with Gasteiger partial charge in [0.1, 0.15) is 0 Å². The molecule has 1 amide bonds. The second-order valence-corrected chi connectivity index (χ2v) is 9.07. The monoisotopic (exact) mass is 399 g/mol. The SMILES string of the molecule is CCOC(=O)C1=CN(C(=O)c2cc3ccccc3s2)CC(C)(C)C2CNNC12. The fourth-order valence-corrected chi connectivity index (χ4v) is 5.14. The molecule has 28 heavy (non-hydrogen) atoms. The van der Waals surface area contributed by atoms with E-state index < -0.39 is 0 Å². The van der Waals surface area contributed by atoms with E-state index >= 15 is 0 Å². The molecular weight excluding hydrogens is 374 g/mol. The van der Waals surface area contributed by atoms with E-state index in [4.69, 9.17) is 4.74 Å². The molecule has 2 unspecified atom stereocenters. The molecule has 2 atom stereocenters. The molecule has 2 aromatic rings. The number of esters is 1. The maximum atomic E-state index is 13.4. The molecule has 1 aromatic heterocycles. The molecule has 0 bridgehead atoms. The van der Waals surface area contributed by atoms with Crippen LogP contribution in [-0.4, -0.2) is 42.5 Å². The maximum absolute atomic E-state index is 13.4. The number of hydrogen-bond donors (Lipinski definition) is 2. The first kappa shape index (κ1) is 19.1. The zero-order valence-corrected chi connectivity index (χ0v) is 17.1. The number of nitrogens with zero attached hydrogens (tertiary/aromatic N) is 1. The van der Waals surface area contributed by atoms with E-state index in [1.54, 1.807) is 18.0 Å². The summed E-state index contributed by atoms with van der Waals surface area (Å²) in [5.41, 5.74) is 6.69. The lowest BCUT2D eigenvalue weighted by Gasteiger charge is -2.34. The van der Waals surface area contributed by atoms with Crippen LogP contribution < -0.4 is 10.9 Å². The first-order chi connectivity index (χ1) is 13.4. The Kier molecular flexibility index (Phi) is 4.99. The van der Waals surface area contributed by atoms with Crippen molar-refractivity contribution < 1.29 is 14.3 Å². The summed E-state index contributed by atoms with van der Waals surface area (Å²) in [5, 5.41) is 1.06. The summed E-state index contributed by atoms with van der Waals surface area (Å²) in [6.45, 7) is 7.65. The minimum atomic E-state index is -0.374. The van der Waals surface area contributed by atoms with Crippen LogP contribution in [0, 0.1) is 11.3 Å². The molecule has 4 rings (SSSR count). The zero-order valence-electron chi connectivity index (χ0n) is 16.3. The van der Waals surface area contributed by atoms with Crippen LogP contribution in [0.5, 0.6) is 0 Å². The third kappa shape index (κ3) is 3.34. The number of fused-ring (bicyclic) bond motifs is 2. The highest BCUT2D eigenvalue weighted by atomic mass is 32.1. The third-order valence-corrected chi connectivity index (χ3v) is 6.71. The minimum Gasteiger partial charge on any atom is -0.463 e. The second kappa shape index (κ2) is 7.31. The van der Waals surface area contributed by atoms with Crippen LogP contribution in [0.25, 0.3) is 10.1 Å². The molecule has 0 aliphatic carbocycles. The van der Waals surface area contributed by atoms with Gasteiger partial charge in [-0.1, -0.05) is 32.0 Å². The van der Waals surface area contributed by atoms with Crippen molar-refractivity contribution in [1.82, 2.24) is 15.8 Å². The molecule has 3 heterocycles. The van der Waals surface area contributed by atoms with Crippen LogP contribution in [0.3, 0.4) is 0 Å². The van der Waals surface area contributed by atoms with Crippen LogP contribution in [0.4, 0.5) is 0 Å². The summed E-state index contributed by atoms with van der Waals surface area (Å²) in [4.78, 5) is 28.4. The second-order valence-electron chi connectivity index (χ2n) is 7.98. The molecule has 7 heteroatoms. The van der Waals surface area contributed by atoms with Gasteiger partial charge in [0.05, 0.1) is 23.1 Å². The summed E-state index contributed by atoms with van der Waals surface area (Å²) in [5.74, 6) is -0.284. The van der Waals surface area contributed by atoms with Gasteiger partial charge in [0.15, 0.2) is 0 Å². The van der Waals surface area contributed by atoms with Crippen molar-refractivity contribution in [2.75, 3.05) is 19.7 Å². The number of carbonyl (C=O) groups is 2. The van der Waals surface area contributed by atoms with E-state index in [1.807, 2.05) is 30.3 Å². The molecule has 148 valence electrons. The van der Waals surface area contributed by atoms with Gasteiger partial charge in [0.25, 0.3) is 5.91 Å². The number of amides is 1. The quantitative estimate of drug-likeness (QED) is 0.777. The number of benzene rings is 1. The highest BCUT2D eigenvalue weighted by molar-refractivity contribution is 7.20. The van der Waals surface area contributed by atoms with Crippen molar-refractivity contribution in [2.24, 2.45) is 11.3 Å². The smallest absolute Gasteiger partial charge is 0.337 e. The Morgan fingerprint density at radius 1 is 1.32 bits per heavy atom. The number of hydrogen-bond acceptors (Lipinski definition) is 6. The van der Waals surface area contributed by atoms with Crippen LogP contribution >= 0.6 is 11.3 Å². The van der Waals surface area contributed by atoms with E-state index in [9.17, 15) is 9.59 Å². The fourth-order valence-electron chi connectivity index (χ4n) is 4.12. The lowest BCUT2D eigenvalue weighted by atomic mass is 9.74. The number of thiophene rings is 1. The Balaban J connectivity index is 1.74. The zero-order chi connectivity index (χ0) is 19.9. The Morgan fingerprint density at radius 2 is 2.11 bits per heavy atom. The predicted molar refractivity (Wildman–Crippen MR) is 110 cm³/mol. The molecule has 1 saturated heterocycles. The molecule has 2 N–H and O–H groups in total. The topological polar surface area (TPSA) is 70.7 Å². The van der Waals surface area contributed by atoms with Crippen LogP contribution in [-0.2, 0) is 9.53 Å². The van der Waals surface area contributed by atoms with Crippen molar-refractivity contribution in [1.29, 1.82) is 0 Å². The maximum Gasteiger partial charge on any atom is 0.337 e. The van der Waals surface area contributed by atoms with E-state index in [-0.39, 0.29) is 29.3 Å². The Labute approximate surface area is 168 Å². The van der Waals surface area contributed by atoms with Gasteiger partial charge in [0, 0.05) is 29.9 Å². The van der Waals surface area contributed by atoms with Gasteiger partial charge in [0.2, 0.25) is 0 Å². The highest BCUT2D eigenvalue weighted by Gasteiger charge is 2.46. The van der Waals surface area contributed by atoms with E-state index in [2.05, 4.69) is 24.7 Å². The number of rotatable bonds is 3. The van der Waals surface area contributed by atoms with Gasteiger partial charge in [-0.25, -0.2) is 10.2 Å². The summed E-state index contributed by atoms with van der Waals surface area (Å²) >= 11 is 1.48. The van der Waals surface area contributed by atoms with E-state index in [0.717, 1.165) is 16.6 Å². The average Bonchev–Trinajstić information content (AvgIpc) is 3.29. The van der Waals surface area contributed by atoms with Gasteiger partial charge >= 0.3 is 5.97 Å². The number of ether oxygens (including phenoxy) is 1. The minimum absolute atomic E-state index is 0.0796. The molecule has 1 fully saturated rings. The molecule has 0 saturated carbocycles. The van der Waals surface area contributed by atoms with Gasteiger partial charge in [-0.15, -0.1) is 11.3 Å². The normalized spacial score (nSPS) is 23.8. The van der Waals surface area contributed by atoms with Crippen molar-refractivity contribution in [3.8, 4) is 0 Å². The number of carbonyl (C=O) groups excluding carboxylic acids is 2. The number of hydrazine groups is 1. The lowest BCUT2D eigenvalue weighted by molar-refractivity contribution is -0.139. The van der Waals surface area contributed by atoms with Gasteiger partial charge in [-0.2, -0.15) is 0 Å². The molecule has 0 spiro atoms. The largest absolute Gasteiger partial charge is 0.463 e. The third-order valence-electron chi connectivity index (χ3n) is 5.60. The van der Waals surface area contributed by atoms with Gasteiger partial charge in [-0.05, 0) is 29.9 Å². The number of nitrogens with one attached hydrogen (secondary N) is 2.